The molecular weight excluding hydrogens is 292 g/mol. The van der Waals surface area contributed by atoms with Gasteiger partial charge >= 0.3 is 0 Å². The molecule has 2 rings (SSSR count). The molecule has 0 radical (unpaired) electrons. The monoisotopic (exact) mass is 312 g/mol. The van der Waals surface area contributed by atoms with Crippen molar-refractivity contribution in [2.24, 2.45) is 5.73 Å². The number of benzene rings is 2. The molecule has 0 saturated carbocycles. The average molecular weight is 312 g/mol. The summed E-state index contributed by atoms with van der Waals surface area (Å²) in [6, 6.07) is 14.0. The summed E-state index contributed by atoms with van der Waals surface area (Å²) in [5, 5.41) is 2.79. The number of carbonyl (C=O) groups excluding carboxylic acids is 2. The molecule has 120 valence electrons. The van der Waals surface area contributed by atoms with Crippen LogP contribution in [0, 0.1) is 0 Å². The van der Waals surface area contributed by atoms with Gasteiger partial charge in [0.2, 0.25) is 5.91 Å². The van der Waals surface area contributed by atoms with E-state index in [1.54, 1.807) is 45.2 Å². The van der Waals surface area contributed by atoms with Gasteiger partial charge in [0, 0.05) is 5.56 Å². The van der Waals surface area contributed by atoms with Gasteiger partial charge in [-0.1, -0.05) is 30.3 Å². The van der Waals surface area contributed by atoms with Gasteiger partial charge in [0.05, 0.1) is 23.8 Å². The third-order valence-corrected chi connectivity index (χ3v) is 3.79. The molecule has 0 spiro atoms. The zero-order valence-corrected chi connectivity index (χ0v) is 13.4. The maximum absolute atomic E-state index is 12.8. The molecule has 0 aliphatic heterocycles. The molecule has 3 N–H and O–H groups in total. The molecule has 2 amide bonds. The van der Waals surface area contributed by atoms with Gasteiger partial charge in [0.15, 0.2) is 0 Å². The Labute approximate surface area is 135 Å². The van der Waals surface area contributed by atoms with E-state index in [0.29, 0.717) is 11.4 Å². The SMILES string of the molecule is COc1ccccc1C(C)(C)C(=O)Nc1ccccc1C(N)=O. The number of hydrogen-bond donors (Lipinski definition) is 2. The summed E-state index contributed by atoms with van der Waals surface area (Å²) in [5.41, 5.74) is 5.93. The summed E-state index contributed by atoms with van der Waals surface area (Å²) in [6.45, 7) is 3.60. The molecule has 2 aromatic carbocycles. The minimum absolute atomic E-state index is 0.254. The van der Waals surface area contributed by atoms with E-state index in [9.17, 15) is 9.59 Å². The zero-order chi connectivity index (χ0) is 17.0. The molecule has 0 unspecified atom stereocenters. The lowest BCUT2D eigenvalue weighted by Gasteiger charge is -2.26. The quantitative estimate of drug-likeness (QED) is 0.890. The van der Waals surface area contributed by atoms with E-state index in [1.807, 2.05) is 24.3 Å². The van der Waals surface area contributed by atoms with Crippen molar-refractivity contribution < 1.29 is 14.3 Å². The van der Waals surface area contributed by atoms with E-state index >= 15 is 0 Å². The Morgan fingerprint density at radius 2 is 1.65 bits per heavy atom. The predicted octanol–water partition coefficient (Wildman–Crippen LogP) is 2.71. The predicted molar refractivity (Wildman–Crippen MR) is 89.6 cm³/mol. The number of ether oxygens (including phenoxy) is 1. The van der Waals surface area contributed by atoms with Crippen LogP contribution in [0.3, 0.4) is 0 Å². The Morgan fingerprint density at radius 3 is 2.30 bits per heavy atom. The van der Waals surface area contributed by atoms with Crippen molar-refractivity contribution in [2.45, 2.75) is 19.3 Å². The molecule has 0 fully saturated rings. The summed E-state index contributed by atoms with van der Waals surface area (Å²) >= 11 is 0. The van der Waals surface area contributed by atoms with Gasteiger partial charge in [-0.2, -0.15) is 0 Å². The van der Waals surface area contributed by atoms with Crippen LogP contribution in [0.1, 0.15) is 29.8 Å². The summed E-state index contributed by atoms with van der Waals surface area (Å²) < 4.78 is 5.34. The van der Waals surface area contributed by atoms with Crippen molar-refractivity contribution in [2.75, 3.05) is 12.4 Å². The number of carbonyl (C=O) groups is 2. The van der Waals surface area contributed by atoms with Crippen LogP contribution in [0.25, 0.3) is 0 Å². The highest BCUT2D eigenvalue weighted by atomic mass is 16.5. The fourth-order valence-electron chi connectivity index (χ4n) is 2.37. The molecule has 23 heavy (non-hydrogen) atoms. The van der Waals surface area contributed by atoms with Crippen molar-refractivity contribution in [3.63, 3.8) is 0 Å². The summed E-state index contributed by atoms with van der Waals surface area (Å²) in [7, 11) is 1.56. The second kappa shape index (κ2) is 6.52. The number of amides is 2. The average Bonchev–Trinajstić information content (AvgIpc) is 2.55. The van der Waals surface area contributed by atoms with E-state index < -0.39 is 11.3 Å². The lowest BCUT2D eigenvalue weighted by Crippen LogP contribution is -2.35. The largest absolute Gasteiger partial charge is 0.496 e. The number of nitrogens with one attached hydrogen (secondary N) is 1. The number of para-hydroxylation sites is 2. The molecule has 0 bridgehead atoms. The van der Waals surface area contributed by atoms with E-state index in [-0.39, 0.29) is 11.5 Å². The van der Waals surface area contributed by atoms with Gasteiger partial charge < -0.3 is 15.8 Å². The van der Waals surface area contributed by atoms with E-state index in [1.165, 1.54) is 0 Å². The molecule has 5 nitrogen and oxygen atoms in total. The number of hydrogen-bond acceptors (Lipinski definition) is 3. The Balaban J connectivity index is 2.35. The van der Waals surface area contributed by atoms with Crippen LogP contribution in [-0.4, -0.2) is 18.9 Å². The molecule has 2 aromatic rings. The van der Waals surface area contributed by atoms with E-state index in [0.717, 1.165) is 5.56 Å². The van der Waals surface area contributed by atoms with Crippen LogP contribution >= 0.6 is 0 Å². The van der Waals surface area contributed by atoms with E-state index in [2.05, 4.69) is 5.32 Å². The highest BCUT2D eigenvalue weighted by molar-refractivity contribution is 6.05. The second-order valence-corrected chi connectivity index (χ2v) is 5.69. The summed E-state index contributed by atoms with van der Waals surface area (Å²) in [5.74, 6) is -0.206. The minimum Gasteiger partial charge on any atom is -0.496 e. The summed E-state index contributed by atoms with van der Waals surface area (Å²) in [6.07, 6.45) is 0. The van der Waals surface area contributed by atoms with Crippen LogP contribution in [-0.2, 0) is 10.2 Å². The number of primary amides is 1. The molecule has 0 atom stereocenters. The van der Waals surface area contributed by atoms with Gasteiger partial charge in [0.1, 0.15) is 5.75 Å². The van der Waals surface area contributed by atoms with Crippen molar-refractivity contribution in [1.82, 2.24) is 0 Å². The van der Waals surface area contributed by atoms with Crippen LogP contribution in [0.2, 0.25) is 0 Å². The standard InChI is InChI=1S/C18H20N2O3/c1-18(2,13-9-5-7-11-15(13)23-3)17(22)20-14-10-6-4-8-12(14)16(19)21/h4-11H,1-3H3,(H2,19,21)(H,20,22). The fourth-order valence-corrected chi connectivity index (χ4v) is 2.37. The van der Waals surface area contributed by atoms with Crippen LogP contribution in [0.15, 0.2) is 48.5 Å². The Hall–Kier alpha value is -2.82. The van der Waals surface area contributed by atoms with Crippen LogP contribution < -0.4 is 15.8 Å². The van der Waals surface area contributed by atoms with Crippen molar-refractivity contribution >= 4 is 17.5 Å². The molecule has 5 heteroatoms. The van der Waals surface area contributed by atoms with Crippen molar-refractivity contribution in [3.8, 4) is 5.75 Å². The van der Waals surface area contributed by atoms with Crippen molar-refractivity contribution in [3.05, 3.63) is 59.7 Å². The van der Waals surface area contributed by atoms with Crippen molar-refractivity contribution in [1.29, 1.82) is 0 Å². The third kappa shape index (κ3) is 3.34. The molecule has 0 aliphatic carbocycles. The first-order valence-corrected chi connectivity index (χ1v) is 7.21. The molecular formula is C18H20N2O3. The topological polar surface area (TPSA) is 81.4 Å². The van der Waals surface area contributed by atoms with Gasteiger partial charge in [-0.15, -0.1) is 0 Å². The smallest absolute Gasteiger partial charge is 0.250 e. The Bertz CT molecular complexity index is 739. The second-order valence-electron chi connectivity index (χ2n) is 5.69. The molecule has 0 heterocycles. The highest BCUT2D eigenvalue weighted by Gasteiger charge is 2.33. The number of nitrogens with two attached hydrogens (primary N) is 1. The first kappa shape index (κ1) is 16.5. The minimum atomic E-state index is -0.850. The molecule has 0 saturated heterocycles. The maximum Gasteiger partial charge on any atom is 0.250 e. The number of anilines is 1. The van der Waals surface area contributed by atoms with Crippen LogP contribution in [0.4, 0.5) is 5.69 Å². The van der Waals surface area contributed by atoms with Gasteiger partial charge in [0.25, 0.3) is 5.91 Å². The van der Waals surface area contributed by atoms with Gasteiger partial charge in [-0.3, -0.25) is 9.59 Å². The van der Waals surface area contributed by atoms with Gasteiger partial charge in [-0.05, 0) is 32.0 Å². The van der Waals surface area contributed by atoms with Crippen LogP contribution in [0.5, 0.6) is 5.75 Å². The molecule has 0 aromatic heterocycles. The van der Waals surface area contributed by atoms with Gasteiger partial charge in [-0.25, -0.2) is 0 Å². The Morgan fingerprint density at radius 1 is 1.04 bits per heavy atom. The summed E-state index contributed by atoms with van der Waals surface area (Å²) in [4.78, 5) is 24.2. The van der Waals surface area contributed by atoms with E-state index in [4.69, 9.17) is 10.5 Å². The lowest BCUT2D eigenvalue weighted by molar-refractivity contribution is -0.120. The Kier molecular flexibility index (Phi) is 4.69. The maximum atomic E-state index is 12.8. The highest BCUT2D eigenvalue weighted by Crippen LogP contribution is 2.32. The first-order chi connectivity index (χ1) is 10.9. The fraction of sp³-hybridized carbons (Fsp3) is 0.222. The number of rotatable bonds is 5. The first-order valence-electron chi connectivity index (χ1n) is 7.21. The third-order valence-electron chi connectivity index (χ3n) is 3.79. The normalized spacial score (nSPS) is 10.9. The lowest BCUT2D eigenvalue weighted by atomic mass is 9.83. The molecule has 0 aliphatic rings. The zero-order valence-electron chi connectivity index (χ0n) is 13.4. The number of methoxy groups -OCH3 is 1.